The lowest BCUT2D eigenvalue weighted by Crippen LogP contribution is -2.45. The van der Waals surface area contributed by atoms with Crippen molar-refractivity contribution >= 4 is 11.8 Å². The lowest BCUT2D eigenvalue weighted by atomic mass is 10.00. The van der Waals surface area contributed by atoms with Crippen LogP contribution in [0.4, 0.5) is 0 Å². The summed E-state index contributed by atoms with van der Waals surface area (Å²) >= 11 is 0. The predicted molar refractivity (Wildman–Crippen MR) is 60.9 cm³/mol. The second-order valence-corrected chi connectivity index (χ2v) is 5.90. The monoisotopic (exact) mass is 237 g/mol. The van der Waals surface area contributed by atoms with Crippen LogP contribution in [0, 0.1) is 17.8 Å². The van der Waals surface area contributed by atoms with Crippen molar-refractivity contribution in [3.05, 3.63) is 0 Å². The van der Waals surface area contributed by atoms with E-state index in [1.54, 1.807) is 0 Å². The van der Waals surface area contributed by atoms with Crippen molar-refractivity contribution in [1.29, 1.82) is 0 Å². The van der Waals surface area contributed by atoms with Crippen molar-refractivity contribution < 1.29 is 14.7 Å². The van der Waals surface area contributed by atoms with Gasteiger partial charge in [-0.3, -0.25) is 14.5 Å². The molecular weight excluding hydrogens is 218 g/mol. The van der Waals surface area contributed by atoms with Crippen LogP contribution in [0.3, 0.4) is 0 Å². The maximum absolute atomic E-state index is 12.3. The Kier molecular flexibility index (Phi) is 2.51. The first-order valence-electron chi connectivity index (χ1n) is 6.64. The van der Waals surface area contributed by atoms with Crippen LogP contribution < -0.4 is 0 Å². The van der Waals surface area contributed by atoms with E-state index in [2.05, 4.69) is 6.92 Å². The maximum atomic E-state index is 12.3. The van der Waals surface area contributed by atoms with Crippen molar-refractivity contribution in [3.63, 3.8) is 0 Å². The van der Waals surface area contributed by atoms with E-state index in [4.69, 9.17) is 0 Å². The molecule has 0 aromatic rings. The largest absolute Gasteiger partial charge is 0.391 e. The van der Waals surface area contributed by atoms with Crippen LogP contribution in [0.5, 0.6) is 0 Å². The Morgan fingerprint density at radius 3 is 2.18 bits per heavy atom. The molecule has 0 radical (unpaired) electrons. The Labute approximate surface area is 101 Å². The van der Waals surface area contributed by atoms with E-state index in [-0.39, 0.29) is 29.7 Å². The van der Waals surface area contributed by atoms with Crippen molar-refractivity contribution in [2.45, 2.75) is 51.2 Å². The van der Waals surface area contributed by atoms with Gasteiger partial charge in [-0.15, -0.1) is 0 Å². The molecule has 1 heterocycles. The molecule has 4 nitrogen and oxygen atoms in total. The second-order valence-electron chi connectivity index (χ2n) is 5.90. The van der Waals surface area contributed by atoms with Gasteiger partial charge in [-0.25, -0.2) is 0 Å². The number of hydrogen-bond acceptors (Lipinski definition) is 3. The van der Waals surface area contributed by atoms with Crippen LogP contribution in [-0.4, -0.2) is 34.0 Å². The molecule has 3 rings (SSSR count). The van der Waals surface area contributed by atoms with E-state index >= 15 is 0 Å². The first kappa shape index (κ1) is 11.2. The molecule has 2 unspecified atom stereocenters. The SMILES string of the molecule is CC1CC2C(=O)N([C@H]3CCC[C@@H]3O)C(=O)C2C1. The van der Waals surface area contributed by atoms with Gasteiger partial charge in [-0.05, 0) is 38.0 Å². The van der Waals surface area contributed by atoms with Gasteiger partial charge in [0.2, 0.25) is 11.8 Å². The van der Waals surface area contributed by atoms with Gasteiger partial charge in [0.05, 0.1) is 24.0 Å². The molecule has 2 saturated carbocycles. The Balaban J connectivity index is 1.84. The number of likely N-dealkylation sites (tertiary alicyclic amines) is 1. The van der Waals surface area contributed by atoms with Gasteiger partial charge < -0.3 is 5.11 Å². The molecule has 1 saturated heterocycles. The van der Waals surface area contributed by atoms with Gasteiger partial charge in [0.15, 0.2) is 0 Å². The standard InChI is InChI=1S/C13H19NO3/c1-7-5-8-9(6-7)13(17)14(12(8)16)10-3-2-4-11(10)15/h7-11,15H,2-6H2,1H3/t7?,8?,9?,10-,11-/m0/s1. The topological polar surface area (TPSA) is 57.6 Å². The summed E-state index contributed by atoms with van der Waals surface area (Å²) in [4.78, 5) is 25.9. The third kappa shape index (κ3) is 1.53. The minimum absolute atomic E-state index is 0.0182. The molecule has 4 heteroatoms. The molecule has 4 atom stereocenters. The van der Waals surface area contributed by atoms with Crippen molar-refractivity contribution in [2.24, 2.45) is 17.8 Å². The summed E-state index contributed by atoms with van der Waals surface area (Å²) in [5.41, 5.74) is 0. The van der Waals surface area contributed by atoms with Crippen LogP contribution in [0.25, 0.3) is 0 Å². The van der Waals surface area contributed by atoms with E-state index in [1.165, 1.54) is 4.90 Å². The minimum atomic E-state index is -0.501. The zero-order valence-corrected chi connectivity index (χ0v) is 10.1. The fourth-order valence-corrected chi connectivity index (χ4v) is 3.85. The number of rotatable bonds is 1. The number of imide groups is 1. The van der Waals surface area contributed by atoms with Gasteiger partial charge in [-0.1, -0.05) is 6.92 Å². The highest BCUT2D eigenvalue weighted by Crippen LogP contribution is 2.44. The highest BCUT2D eigenvalue weighted by molar-refractivity contribution is 6.05. The number of aliphatic hydroxyl groups is 1. The van der Waals surface area contributed by atoms with Crippen molar-refractivity contribution in [2.75, 3.05) is 0 Å². The first-order chi connectivity index (χ1) is 8.09. The average molecular weight is 237 g/mol. The van der Waals surface area contributed by atoms with Gasteiger partial charge in [-0.2, -0.15) is 0 Å². The number of hydrogen-bond donors (Lipinski definition) is 1. The molecule has 94 valence electrons. The predicted octanol–water partition coefficient (Wildman–Crippen LogP) is 0.931. The van der Waals surface area contributed by atoms with Crippen LogP contribution in [0.1, 0.15) is 39.0 Å². The molecule has 1 N–H and O–H groups in total. The van der Waals surface area contributed by atoms with E-state index in [0.29, 0.717) is 12.3 Å². The van der Waals surface area contributed by atoms with E-state index in [9.17, 15) is 14.7 Å². The van der Waals surface area contributed by atoms with Crippen LogP contribution in [0.2, 0.25) is 0 Å². The summed E-state index contributed by atoms with van der Waals surface area (Å²) in [5, 5.41) is 9.85. The summed E-state index contributed by atoms with van der Waals surface area (Å²) < 4.78 is 0. The highest BCUT2D eigenvalue weighted by Gasteiger charge is 2.54. The second kappa shape index (κ2) is 3.80. The number of aliphatic hydroxyl groups excluding tert-OH is 1. The Morgan fingerprint density at radius 1 is 1.12 bits per heavy atom. The number of nitrogens with zero attached hydrogens (tertiary/aromatic N) is 1. The molecule has 2 amide bonds. The number of carbonyl (C=O) groups is 2. The van der Waals surface area contributed by atoms with Crippen LogP contribution >= 0.6 is 0 Å². The van der Waals surface area contributed by atoms with Gasteiger partial charge in [0.1, 0.15) is 0 Å². The smallest absolute Gasteiger partial charge is 0.233 e. The van der Waals surface area contributed by atoms with E-state index in [0.717, 1.165) is 25.7 Å². The molecular formula is C13H19NO3. The van der Waals surface area contributed by atoms with Gasteiger partial charge >= 0.3 is 0 Å². The third-order valence-corrected chi connectivity index (χ3v) is 4.68. The number of carbonyl (C=O) groups excluding carboxylic acids is 2. The molecule has 2 aliphatic carbocycles. The third-order valence-electron chi connectivity index (χ3n) is 4.68. The minimum Gasteiger partial charge on any atom is -0.391 e. The van der Waals surface area contributed by atoms with Gasteiger partial charge in [0.25, 0.3) is 0 Å². The summed E-state index contributed by atoms with van der Waals surface area (Å²) in [6.07, 6.45) is 3.58. The Bertz CT molecular complexity index is 344. The Morgan fingerprint density at radius 2 is 1.71 bits per heavy atom. The van der Waals surface area contributed by atoms with Crippen LogP contribution in [0.15, 0.2) is 0 Å². The highest BCUT2D eigenvalue weighted by atomic mass is 16.3. The Hall–Kier alpha value is -0.900. The molecule has 1 aliphatic heterocycles. The van der Waals surface area contributed by atoms with Crippen molar-refractivity contribution in [3.8, 4) is 0 Å². The average Bonchev–Trinajstić information content (AvgIpc) is 2.90. The quantitative estimate of drug-likeness (QED) is 0.690. The molecule has 3 aliphatic rings. The van der Waals surface area contributed by atoms with E-state index < -0.39 is 6.10 Å². The maximum Gasteiger partial charge on any atom is 0.233 e. The molecule has 0 aromatic carbocycles. The zero-order valence-electron chi connectivity index (χ0n) is 10.1. The first-order valence-corrected chi connectivity index (χ1v) is 6.64. The fourth-order valence-electron chi connectivity index (χ4n) is 3.85. The molecule has 0 aromatic heterocycles. The number of amides is 2. The summed E-state index contributed by atoms with van der Waals surface area (Å²) in [6.45, 7) is 2.10. The summed E-state index contributed by atoms with van der Waals surface area (Å²) in [5.74, 6) is 0.259. The normalized spacial score (nSPS) is 45.8. The lowest BCUT2D eigenvalue weighted by molar-refractivity contribution is -0.145. The fraction of sp³-hybridized carbons (Fsp3) is 0.846. The summed E-state index contributed by atoms with van der Waals surface area (Å²) in [7, 11) is 0. The molecule has 17 heavy (non-hydrogen) atoms. The molecule has 3 fully saturated rings. The van der Waals surface area contributed by atoms with Gasteiger partial charge in [0, 0.05) is 0 Å². The van der Waals surface area contributed by atoms with Crippen molar-refractivity contribution in [1.82, 2.24) is 4.90 Å². The molecule has 0 bridgehead atoms. The lowest BCUT2D eigenvalue weighted by Gasteiger charge is -2.26. The number of fused-ring (bicyclic) bond motifs is 1. The zero-order chi connectivity index (χ0) is 12.2. The summed E-state index contributed by atoms with van der Waals surface area (Å²) in [6, 6.07) is -0.240. The molecule has 0 spiro atoms. The van der Waals surface area contributed by atoms with Crippen LogP contribution in [-0.2, 0) is 9.59 Å². The van der Waals surface area contributed by atoms with E-state index in [1.807, 2.05) is 0 Å².